The van der Waals surface area contributed by atoms with E-state index in [2.05, 4.69) is 5.32 Å². The van der Waals surface area contributed by atoms with Gasteiger partial charge in [-0.2, -0.15) is 0 Å². The minimum Gasteiger partial charge on any atom is -0.456 e. The van der Waals surface area contributed by atoms with Crippen LogP contribution in [0, 0.1) is 6.92 Å². The predicted octanol–water partition coefficient (Wildman–Crippen LogP) is 3.39. The number of anilines is 1. The molecule has 6 nitrogen and oxygen atoms in total. The van der Waals surface area contributed by atoms with E-state index in [0.717, 1.165) is 4.90 Å². The first-order valence-corrected chi connectivity index (χ1v) is 9.13. The summed E-state index contributed by atoms with van der Waals surface area (Å²) in [5, 5.41) is 2.66. The van der Waals surface area contributed by atoms with Crippen molar-refractivity contribution >= 4 is 29.3 Å². The first-order valence-electron chi connectivity index (χ1n) is 8.15. The van der Waals surface area contributed by atoms with Crippen molar-refractivity contribution in [3.05, 3.63) is 48.0 Å². The van der Waals surface area contributed by atoms with Gasteiger partial charge in [0.05, 0.1) is 6.42 Å². The first kappa shape index (κ1) is 18.1. The number of esters is 1. The van der Waals surface area contributed by atoms with Gasteiger partial charge in [-0.25, -0.2) is 0 Å². The Bertz CT molecular complexity index is 791. The number of carbonyl (C=O) groups is 2. The van der Waals surface area contributed by atoms with E-state index in [1.807, 2.05) is 31.2 Å². The Morgan fingerprint density at radius 3 is 2.69 bits per heavy atom. The van der Waals surface area contributed by atoms with Gasteiger partial charge in [0.1, 0.15) is 0 Å². The second-order valence-corrected chi connectivity index (χ2v) is 6.86. The highest BCUT2D eigenvalue weighted by Gasteiger charge is 2.14. The molecule has 0 atom stereocenters. The quantitative estimate of drug-likeness (QED) is 0.592. The maximum Gasteiger partial charge on any atom is 0.307 e. The van der Waals surface area contributed by atoms with Gasteiger partial charge >= 0.3 is 5.97 Å². The molecule has 1 aliphatic rings. The smallest absolute Gasteiger partial charge is 0.307 e. The molecule has 1 amide bonds. The van der Waals surface area contributed by atoms with Crippen LogP contribution in [0.3, 0.4) is 0 Å². The Morgan fingerprint density at radius 1 is 1.12 bits per heavy atom. The minimum atomic E-state index is -0.400. The molecule has 1 heterocycles. The molecule has 0 saturated carbocycles. The van der Waals surface area contributed by atoms with Gasteiger partial charge in [-0.1, -0.05) is 17.7 Å². The van der Waals surface area contributed by atoms with Gasteiger partial charge in [0, 0.05) is 22.4 Å². The highest BCUT2D eigenvalue weighted by molar-refractivity contribution is 7.99. The van der Waals surface area contributed by atoms with Gasteiger partial charge in [-0.3, -0.25) is 9.59 Å². The van der Waals surface area contributed by atoms with Crippen molar-refractivity contribution in [3.63, 3.8) is 0 Å². The SMILES string of the molecule is Cc1ccc(SCCC(=O)OCC(=O)Nc2ccc3c(c2)OCO3)cc1. The Labute approximate surface area is 155 Å². The fraction of sp³-hybridized carbons (Fsp3) is 0.263. The summed E-state index contributed by atoms with van der Waals surface area (Å²) in [7, 11) is 0. The molecule has 0 fully saturated rings. The lowest BCUT2D eigenvalue weighted by Crippen LogP contribution is -2.21. The zero-order valence-corrected chi connectivity index (χ0v) is 15.1. The molecule has 1 aliphatic heterocycles. The number of fused-ring (bicyclic) bond motifs is 1. The highest BCUT2D eigenvalue weighted by atomic mass is 32.2. The second kappa shape index (κ2) is 8.62. The molecule has 7 heteroatoms. The lowest BCUT2D eigenvalue weighted by molar-refractivity contribution is -0.146. The summed E-state index contributed by atoms with van der Waals surface area (Å²) in [4.78, 5) is 24.7. The van der Waals surface area contributed by atoms with E-state index in [1.165, 1.54) is 5.56 Å². The van der Waals surface area contributed by atoms with Gasteiger partial charge < -0.3 is 19.5 Å². The van der Waals surface area contributed by atoms with Crippen LogP contribution in [0.15, 0.2) is 47.4 Å². The molecule has 0 unspecified atom stereocenters. The van der Waals surface area contributed by atoms with Crippen LogP contribution in [0.4, 0.5) is 5.69 Å². The summed E-state index contributed by atoms with van der Waals surface area (Å²) in [6.45, 7) is 1.88. The highest BCUT2D eigenvalue weighted by Crippen LogP contribution is 2.34. The molecule has 136 valence electrons. The van der Waals surface area contributed by atoms with Crippen molar-refractivity contribution < 1.29 is 23.8 Å². The van der Waals surface area contributed by atoms with Crippen LogP contribution in [0.25, 0.3) is 0 Å². The summed E-state index contributed by atoms with van der Waals surface area (Å²) < 4.78 is 15.5. The van der Waals surface area contributed by atoms with Crippen LogP contribution in [-0.4, -0.2) is 31.0 Å². The third-order valence-electron chi connectivity index (χ3n) is 3.62. The van der Waals surface area contributed by atoms with Crippen LogP contribution in [0.2, 0.25) is 0 Å². The van der Waals surface area contributed by atoms with E-state index >= 15 is 0 Å². The molecule has 26 heavy (non-hydrogen) atoms. The van der Waals surface area contributed by atoms with Gasteiger partial charge in [0.2, 0.25) is 6.79 Å². The molecule has 0 aliphatic carbocycles. The molecular weight excluding hydrogens is 354 g/mol. The maximum atomic E-state index is 11.9. The lowest BCUT2D eigenvalue weighted by Gasteiger charge is -2.07. The van der Waals surface area contributed by atoms with E-state index in [-0.39, 0.29) is 19.8 Å². The number of nitrogens with one attached hydrogen (secondary N) is 1. The number of thioether (sulfide) groups is 1. The molecule has 3 rings (SSSR count). The lowest BCUT2D eigenvalue weighted by atomic mass is 10.2. The van der Waals surface area contributed by atoms with Crippen LogP contribution < -0.4 is 14.8 Å². The Kier molecular flexibility index (Phi) is 6.01. The number of hydrogen-bond acceptors (Lipinski definition) is 6. The fourth-order valence-electron chi connectivity index (χ4n) is 2.28. The third-order valence-corrected chi connectivity index (χ3v) is 4.63. The van der Waals surface area contributed by atoms with E-state index in [4.69, 9.17) is 14.2 Å². The van der Waals surface area contributed by atoms with Crippen LogP contribution >= 0.6 is 11.8 Å². The van der Waals surface area contributed by atoms with Crippen molar-refractivity contribution in [2.24, 2.45) is 0 Å². The number of ether oxygens (including phenoxy) is 3. The molecule has 1 N–H and O–H groups in total. The third kappa shape index (κ3) is 5.16. The van der Waals surface area contributed by atoms with Crippen LogP contribution in [0.5, 0.6) is 11.5 Å². The molecule has 0 bridgehead atoms. The number of aryl methyl sites for hydroxylation is 1. The normalized spacial score (nSPS) is 11.9. The van der Waals surface area contributed by atoms with Crippen molar-refractivity contribution in [1.29, 1.82) is 0 Å². The summed E-state index contributed by atoms with van der Waals surface area (Å²) in [5.74, 6) is 1.02. The Hall–Kier alpha value is -2.67. The number of rotatable bonds is 7. The van der Waals surface area contributed by atoms with Crippen molar-refractivity contribution in [3.8, 4) is 11.5 Å². The van der Waals surface area contributed by atoms with Gasteiger partial charge in [0.25, 0.3) is 5.91 Å². The summed E-state index contributed by atoms with van der Waals surface area (Å²) in [6, 6.07) is 13.2. The van der Waals surface area contributed by atoms with Gasteiger partial charge in [-0.05, 0) is 31.2 Å². The average Bonchev–Trinajstić information content (AvgIpc) is 3.09. The van der Waals surface area contributed by atoms with Crippen LogP contribution in [0.1, 0.15) is 12.0 Å². The average molecular weight is 373 g/mol. The number of carbonyl (C=O) groups excluding carboxylic acids is 2. The molecular formula is C19H19NO5S. The second-order valence-electron chi connectivity index (χ2n) is 5.69. The summed E-state index contributed by atoms with van der Waals surface area (Å²) >= 11 is 1.58. The molecule has 0 aromatic heterocycles. The largest absolute Gasteiger partial charge is 0.456 e. The van der Waals surface area contributed by atoms with Crippen molar-refractivity contribution in [2.45, 2.75) is 18.2 Å². The Morgan fingerprint density at radius 2 is 1.88 bits per heavy atom. The minimum absolute atomic E-state index is 0.172. The van der Waals surface area contributed by atoms with Crippen molar-refractivity contribution in [1.82, 2.24) is 0 Å². The van der Waals surface area contributed by atoms with E-state index in [0.29, 0.717) is 22.9 Å². The summed E-state index contributed by atoms with van der Waals surface area (Å²) in [5.41, 5.74) is 1.76. The Balaban J connectivity index is 1.36. The van der Waals surface area contributed by atoms with Crippen LogP contribution in [-0.2, 0) is 14.3 Å². The zero-order chi connectivity index (χ0) is 18.4. The molecule has 0 saturated heterocycles. The van der Waals surface area contributed by atoms with Gasteiger partial charge in [-0.15, -0.1) is 11.8 Å². The summed E-state index contributed by atoms with van der Waals surface area (Å²) in [6.07, 6.45) is 0.246. The molecule has 2 aromatic rings. The zero-order valence-electron chi connectivity index (χ0n) is 14.3. The van der Waals surface area contributed by atoms with Gasteiger partial charge in [0.15, 0.2) is 18.1 Å². The number of amides is 1. The molecule has 2 aromatic carbocycles. The topological polar surface area (TPSA) is 73.9 Å². The van der Waals surface area contributed by atoms with Crippen molar-refractivity contribution in [2.75, 3.05) is 24.5 Å². The monoisotopic (exact) mass is 373 g/mol. The van der Waals surface area contributed by atoms with E-state index in [1.54, 1.807) is 30.0 Å². The molecule has 0 radical (unpaired) electrons. The fourth-order valence-corrected chi connectivity index (χ4v) is 3.11. The first-order chi connectivity index (χ1) is 12.6. The molecule has 0 spiro atoms. The van der Waals surface area contributed by atoms with E-state index < -0.39 is 11.9 Å². The number of hydrogen-bond donors (Lipinski definition) is 1. The predicted molar refractivity (Wildman–Crippen MR) is 98.7 cm³/mol. The maximum absolute atomic E-state index is 11.9. The number of benzene rings is 2. The standard InChI is InChI=1S/C19H19NO5S/c1-13-2-5-15(6-3-13)26-9-8-19(22)23-11-18(21)20-14-4-7-16-17(10-14)25-12-24-16/h2-7,10H,8-9,11-12H2,1H3,(H,20,21). The van der Waals surface area contributed by atoms with E-state index in [9.17, 15) is 9.59 Å².